The van der Waals surface area contributed by atoms with Crippen LogP contribution in [0, 0.1) is 11.7 Å². The minimum atomic E-state index is -0.296. The molecule has 1 amide bonds. The molecule has 0 radical (unpaired) electrons. The molecule has 1 aromatic heterocycles. The van der Waals surface area contributed by atoms with Crippen molar-refractivity contribution >= 4 is 5.91 Å². The summed E-state index contributed by atoms with van der Waals surface area (Å²) in [6, 6.07) is 7.85. The van der Waals surface area contributed by atoms with Crippen LogP contribution in [0.2, 0.25) is 0 Å². The van der Waals surface area contributed by atoms with Crippen LogP contribution in [0.15, 0.2) is 30.3 Å². The number of rotatable bonds is 3. The van der Waals surface area contributed by atoms with Crippen LogP contribution in [-0.4, -0.2) is 40.1 Å². The highest BCUT2D eigenvalue weighted by Gasteiger charge is 2.27. The monoisotopic (exact) mass is 316 g/mol. The van der Waals surface area contributed by atoms with E-state index in [-0.39, 0.29) is 17.8 Å². The number of carbonyl (C=O) groups excluding carboxylic acids is 1. The van der Waals surface area contributed by atoms with Gasteiger partial charge in [-0.1, -0.05) is 0 Å². The second-order valence-corrected chi connectivity index (χ2v) is 6.19. The summed E-state index contributed by atoms with van der Waals surface area (Å²) in [5.41, 5.74) is 7.83. The van der Waals surface area contributed by atoms with Crippen molar-refractivity contribution in [1.82, 2.24) is 15.1 Å². The average Bonchev–Trinajstić information content (AvgIpc) is 3.05. The first-order chi connectivity index (χ1) is 11.0. The van der Waals surface area contributed by atoms with Crippen molar-refractivity contribution < 1.29 is 9.18 Å². The predicted molar refractivity (Wildman–Crippen MR) is 86.3 cm³/mol. The second kappa shape index (κ2) is 6.50. The summed E-state index contributed by atoms with van der Waals surface area (Å²) in [6.07, 6.45) is 2.03. The highest BCUT2D eigenvalue weighted by molar-refractivity contribution is 5.93. The van der Waals surface area contributed by atoms with Gasteiger partial charge in [0.15, 0.2) is 0 Å². The first kappa shape index (κ1) is 15.7. The molecule has 6 heteroatoms. The van der Waals surface area contributed by atoms with Gasteiger partial charge < -0.3 is 10.6 Å². The minimum Gasteiger partial charge on any atom is -0.337 e. The number of nitrogens with two attached hydrogens (primary N) is 1. The Kier molecular flexibility index (Phi) is 4.43. The van der Waals surface area contributed by atoms with Gasteiger partial charge in [-0.25, -0.2) is 4.39 Å². The SMILES string of the molecule is C[C@@H](N)[C@@H]1CCCN(C(=O)c2cc(-c3ccc(F)cc3)n[nH]2)C1. The van der Waals surface area contributed by atoms with Crippen molar-refractivity contribution in [2.24, 2.45) is 11.7 Å². The molecule has 1 fully saturated rings. The van der Waals surface area contributed by atoms with E-state index in [2.05, 4.69) is 10.2 Å². The molecule has 0 saturated carbocycles. The van der Waals surface area contributed by atoms with Crippen molar-refractivity contribution in [2.45, 2.75) is 25.8 Å². The Morgan fingerprint density at radius 3 is 2.87 bits per heavy atom. The lowest BCUT2D eigenvalue weighted by molar-refractivity contribution is 0.0655. The summed E-state index contributed by atoms with van der Waals surface area (Å²) in [5, 5.41) is 6.96. The molecule has 0 bridgehead atoms. The fraction of sp³-hybridized carbons (Fsp3) is 0.412. The van der Waals surface area contributed by atoms with E-state index in [4.69, 9.17) is 5.73 Å². The van der Waals surface area contributed by atoms with Crippen molar-refractivity contribution in [3.63, 3.8) is 0 Å². The van der Waals surface area contributed by atoms with Crippen LogP contribution in [-0.2, 0) is 0 Å². The highest BCUT2D eigenvalue weighted by Crippen LogP contribution is 2.22. The Morgan fingerprint density at radius 1 is 1.43 bits per heavy atom. The second-order valence-electron chi connectivity index (χ2n) is 6.19. The highest BCUT2D eigenvalue weighted by atomic mass is 19.1. The number of carbonyl (C=O) groups is 1. The van der Waals surface area contributed by atoms with Crippen molar-refractivity contribution in [3.05, 3.63) is 41.8 Å². The van der Waals surface area contributed by atoms with E-state index in [1.165, 1.54) is 12.1 Å². The molecule has 5 nitrogen and oxygen atoms in total. The van der Waals surface area contributed by atoms with Crippen LogP contribution >= 0.6 is 0 Å². The molecule has 23 heavy (non-hydrogen) atoms. The molecule has 2 atom stereocenters. The zero-order valence-corrected chi connectivity index (χ0v) is 13.1. The Balaban J connectivity index is 1.74. The first-order valence-electron chi connectivity index (χ1n) is 7.91. The molecule has 1 aliphatic rings. The third-order valence-corrected chi connectivity index (χ3v) is 4.44. The van der Waals surface area contributed by atoms with Crippen LogP contribution in [0.5, 0.6) is 0 Å². The van der Waals surface area contributed by atoms with Crippen LogP contribution in [0.3, 0.4) is 0 Å². The number of nitrogens with zero attached hydrogens (tertiary/aromatic N) is 2. The summed E-state index contributed by atoms with van der Waals surface area (Å²) in [5.74, 6) is -0.0146. The molecule has 0 unspecified atom stereocenters. The maximum Gasteiger partial charge on any atom is 0.271 e. The van der Waals surface area contributed by atoms with Crippen molar-refractivity contribution in [2.75, 3.05) is 13.1 Å². The number of likely N-dealkylation sites (tertiary alicyclic amines) is 1. The van der Waals surface area contributed by atoms with Gasteiger partial charge in [-0.3, -0.25) is 9.89 Å². The summed E-state index contributed by atoms with van der Waals surface area (Å²) in [6.45, 7) is 3.41. The van der Waals surface area contributed by atoms with E-state index in [1.807, 2.05) is 11.8 Å². The number of hydrogen-bond donors (Lipinski definition) is 2. The maximum atomic E-state index is 13.0. The van der Waals surface area contributed by atoms with Gasteiger partial charge in [-0.15, -0.1) is 0 Å². The molecule has 122 valence electrons. The number of benzene rings is 1. The number of amides is 1. The lowest BCUT2D eigenvalue weighted by Gasteiger charge is -2.34. The first-order valence-corrected chi connectivity index (χ1v) is 7.91. The largest absolute Gasteiger partial charge is 0.337 e. The molecule has 0 aliphatic carbocycles. The number of halogens is 1. The smallest absolute Gasteiger partial charge is 0.271 e. The predicted octanol–water partition coefficient (Wildman–Crippen LogP) is 2.42. The molecule has 3 N–H and O–H groups in total. The number of piperidine rings is 1. The van der Waals surface area contributed by atoms with Crippen LogP contribution < -0.4 is 5.73 Å². The topological polar surface area (TPSA) is 75.0 Å². The molecule has 1 saturated heterocycles. The number of hydrogen-bond acceptors (Lipinski definition) is 3. The van der Waals surface area contributed by atoms with Crippen LogP contribution in [0.1, 0.15) is 30.3 Å². The molecular formula is C17H21FN4O. The Labute approximate surface area is 134 Å². The zero-order valence-electron chi connectivity index (χ0n) is 13.1. The molecule has 1 aromatic carbocycles. The average molecular weight is 316 g/mol. The van der Waals surface area contributed by atoms with Gasteiger partial charge in [0.1, 0.15) is 11.5 Å². The number of aromatic amines is 1. The Bertz CT molecular complexity index is 680. The fourth-order valence-electron chi connectivity index (χ4n) is 2.99. The summed E-state index contributed by atoms with van der Waals surface area (Å²) in [7, 11) is 0. The van der Waals surface area contributed by atoms with E-state index in [9.17, 15) is 9.18 Å². The van der Waals surface area contributed by atoms with Crippen LogP contribution in [0.4, 0.5) is 4.39 Å². The molecule has 1 aliphatic heterocycles. The number of aromatic nitrogens is 2. The zero-order chi connectivity index (χ0) is 16.4. The Morgan fingerprint density at radius 2 is 2.17 bits per heavy atom. The van der Waals surface area contributed by atoms with Gasteiger partial charge in [-0.05, 0) is 56.0 Å². The van der Waals surface area contributed by atoms with Gasteiger partial charge in [0.05, 0.1) is 5.69 Å². The van der Waals surface area contributed by atoms with Crippen molar-refractivity contribution in [1.29, 1.82) is 0 Å². The van der Waals surface area contributed by atoms with E-state index in [0.717, 1.165) is 24.9 Å². The molecule has 3 rings (SSSR count). The minimum absolute atomic E-state index is 0.0591. The Hall–Kier alpha value is -2.21. The van der Waals surface area contributed by atoms with Gasteiger partial charge in [0, 0.05) is 24.7 Å². The summed E-state index contributed by atoms with van der Waals surface area (Å²) < 4.78 is 13.0. The van der Waals surface area contributed by atoms with E-state index in [0.29, 0.717) is 23.9 Å². The molecule has 2 aromatic rings. The van der Waals surface area contributed by atoms with E-state index < -0.39 is 0 Å². The van der Waals surface area contributed by atoms with E-state index >= 15 is 0 Å². The lowest BCUT2D eigenvalue weighted by atomic mass is 9.92. The fourth-order valence-corrected chi connectivity index (χ4v) is 2.99. The lowest BCUT2D eigenvalue weighted by Crippen LogP contribution is -2.45. The van der Waals surface area contributed by atoms with Gasteiger partial charge in [0.25, 0.3) is 5.91 Å². The molecule has 0 spiro atoms. The maximum absolute atomic E-state index is 13.0. The van der Waals surface area contributed by atoms with Gasteiger partial charge in [0.2, 0.25) is 0 Å². The number of H-pyrrole nitrogens is 1. The van der Waals surface area contributed by atoms with Gasteiger partial charge >= 0.3 is 0 Å². The molecule has 2 heterocycles. The summed E-state index contributed by atoms with van der Waals surface area (Å²) in [4.78, 5) is 14.5. The molecular weight excluding hydrogens is 295 g/mol. The van der Waals surface area contributed by atoms with Gasteiger partial charge in [-0.2, -0.15) is 5.10 Å². The van der Waals surface area contributed by atoms with E-state index in [1.54, 1.807) is 18.2 Å². The normalized spacial score (nSPS) is 19.6. The summed E-state index contributed by atoms with van der Waals surface area (Å²) >= 11 is 0. The number of nitrogens with one attached hydrogen (secondary N) is 1. The standard InChI is InChI=1S/C17H21FN4O/c1-11(19)13-3-2-8-22(10-13)17(23)16-9-15(20-21-16)12-4-6-14(18)7-5-12/h4-7,9,11,13H,2-3,8,10,19H2,1H3,(H,20,21)/t11-,13-/m1/s1. The third kappa shape index (κ3) is 3.42. The van der Waals surface area contributed by atoms with Crippen LogP contribution in [0.25, 0.3) is 11.3 Å². The quantitative estimate of drug-likeness (QED) is 0.913. The third-order valence-electron chi connectivity index (χ3n) is 4.44. The van der Waals surface area contributed by atoms with Crippen molar-refractivity contribution in [3.8, 4) is 11.3 Å².